The predicted octanol–water partition coefficient (Wildman–Crippen LogP) is 0.770. The van der Waals surface area contributed by atoms with Crippen LogP contribution in [0.3, 0.4) is 0 Å². The van der Waals surface area contributed by atoms with Crippen LogP contribution < -0.4 is 0 Å². The van der Waals surface area contributed by atoms with Crippen molar-refractivity contribution in [3.8, 4) is 0 Å². The van der Waals surface area contributed by atoms with Crippen LogP contribution in [-0.2, 0) is 0 Å². The molecule has 1 aromatic heterocycles. The number of carbonyl (C=O) groups is 1. The third-order valence-electron chi connectivity index (χ3n) is 3.14. The van der Waals surface area contributed by atoms with E-state index in [2.05, 4.69) is 10.2 Å². The highest BCUT2D eigenvalue weighted by atomic mass is 16.3. The molecule has 17 heavy (non-hydrogen) atoms. The second-order valence-electron chi connectivity index (χ2n) is 4.37. The number of rotatable bonds is 1. The average Bonchev–Trinajstić information content (AvgIpc) is 2.95. The maximum absolute atomic E-state index is 12.1. The first-order chi connectivity index (χ1) is 8.24. The number of carbonyl (C=O) groups excluding carboxylic acids is 1. The Morgan fingerprint density at radius 3 is 3.18 bits per heavy atom. The molecule has 1 aromatic carbocycles. The number of nitrogens with zero attached hydrogens (tertiary/aromatic N) is 2. The van der Waals surface area contributed by atoms with E-state index in [-0.39, 0.29) is 12.0 Å². The molecule has 1 aliphatic heterocycles. The van der Waals surface area contributed by atoms with Crippen molar-refractivity contribution in [3.05, 3.63) is 30.0 Å². The van der Waals surface area contributed by atoms with Gasteiger partial charge in [0, 0.05) is 24.0 Å². The zero-order valence-corrected chi connectivity index (χ0v) is 9.26. The minimum absolute atomic E-state index is 0.0296. The van der Waals surface area contributed by atoms with Crippen LogP contribution in [0.25, 0.3) is 10.9 Å². The first-order valence-electron chi connectivity index (χ1n) is 5.64. The number of likely N-dealkylation sites (tertiary alicyclic amines) is 1. The number of aromatic nitrogens is 2. The van der Waals surface area contributed by atoms with Gasteiger partial charge in [-0.15, -0.1) is 0 Å². The molecule has 5 heteroatoms. The van der Waals surface area contributed by atoms with E-state index < -0.39 is 0 Å². The van der Waals surface area contributed by atoms with Crippen LogP contribution in [0.4, 0.5) is 0 Å². The summed E-state index contributed by atoms with van der Waals surface area (Å²) in [5, 5.41) is 17.2. The number of aliphatic hydroxyl groups excluding tert-OH is 1. The number of aromatic amines is 1. The molecule has 2 aromatic rings. The molecule has 0 spiro atoms. The summed E-state index contributed by atoms with van der Waals surface area (Å²) in [4.78, 5) is 13.8. The summed E-state index contributed by atoms with van der Waals surface area (Å²) in [5.74, 6) is -0.0296. The standard InChI is InChI=1S/C12H13N3O2/c16-10-3-4-15(7-10)12(17)8-1-2-9-6-13-14-11(9)5-8/h1-2,5-6,10,16H,3-4,7H2,(H,13,14)/t10-/m1/s1. The molecule has 1 aliphatic rings. The first kappa shape index (κ1) is 10.3. The molecule has 0 unspecified atom stereocenters. The maximum Gasteiger partial charge on any atom is 0.254 e. The van der Waals surface area contributed by atoms with E-state index >= 15 is 0 Å². The van der Waals surface area contributed by atoms with Gasteiger partial charge in [-0.3, -0.25) is 9.89 Å². The Balaban J connectivity index is 1.89. The summed E-state index contributed by atoms with van der Waals surface area (Å²) in [6.07, 6.45) is 2.01. The van der Waals surface area contributed by atoms with Crippen molar-refractivity contribution >= 4 is 16.8 Å². The topological polar surface area (TPSA) is 69.2 Å². The Labute approximate surface area is 98.0 Å². The van der Waals surface area contributed by atoms with Gasteiger partial charge in [0.1, 0.15) is 0 Å². The predicted molar refractivity (Wildman–Crippen MR) is 62.6 cm³/mol. The number of nitrogens with one attached hydrogen (secondary N) is 1. The Morgan fingerprint density at radius 1 is 1.53 bits per heavy atom. The third kappa shape index (κ3) is 1.78. The van der Waals surface area contributed by atoms with Gasteiger partial charge < -0.3 is 10.0 Å². The van der Waals surface area contributed by atoms with Crippen molar-refractivity contribution in [2.45, 2.75) is 12.5 Å². The molecule has 0 bridgehead atoms. The fraction of sp³-hybridized carbons (Fsp3) is 0.333. The lowest BCUT2D eigenvalue weighted by Crippen LogP contribution is -2.29. The molecule has 2 N–H and O–H groups in total. The Morgan fingerprint density at radius 2 is 2.41 bits per heavy atom. The smallest absolute Gasteiger partial charge is 0.254 e. The number of hydrogen-bond acceptors (Lipinski definition) is 3. The molecule has 1 amide bonds. The second kappa shape index (κ2) is 3.85. The molecule has 1 saturated heterocycles. The van der Waals surface area contributed by atoms with Crippen molar-refractivity contribution in [2.75, 3.05) is 13.1 Å². The van der Waals surface area contributed by atoms with E-state index in [1.165, 1.54) is 0 Å². The summed E-state index contributed by atoms with van der Waals surface area (Å²) in [6, 6.07) is 5.47. The highest BCUT2D eigenvalue weighted by Gasteiger charge is 2.25. The minimum atomic E-state index is -0.380. The Kier molecular flexibility index (Phi) is 2.33. The Hall–Kier alpha value is -1.88. The van der Waals surface area contributed by atoms with Crippen LogP contribution in [0.2, 0.25) is 0 Å². The summed E-state index contributed by atoms with van der Waals surface area (Å²) in [6.45, 7) is 1.06. The zero-order valence-electron chi connectivity index (χ0n) is 9.26. The monoisotopic (exact) mass is 231 g/mol. The van der Waals surface area contributed by atoms with Crippen LogP contribution in [0.15, 0.2) is 24.4 Å². The highest BCUT2D eigenvalue weighted by Crippen LogP contribution is 2.17. The van der Waals surface area contributed by atoms with Crippen molar-refractivity contribution in [1.82, 2.24) is 15.1 Å². The molecular weight excluding hydrogens is 218 g/mol. The molecule has 2 heterocycles. The number of fused-ring (bicyclic) bond motifs is 1. The maximum atomic E-state index is 12.1. The lowest BCUT2D eigenvalue weighted by Gasteiger charge is -2.15. The highest BCUT2D eigenvalue weighted by molar-refractivity contribution is 5.97. The number of benzene rings is 1. The average molecular weight is 231 g/mol. The molecule has 1 atom stereocenters. The largest absolute Gasteiger partial charge is 0.391 e. The van der Waals surface area contributed by atoms with Crippen molar-refractivity contribution in [1.29, 1.82) is 0 Å². The molecule has 5 nitrogen and oxygen atoms in total. The molecule has 0 saturated carbocycles. The van der Waals surface area contributed by atoms with Gasteiger partial charge in [0.2, 0.25) is 0 Å². The van der Waals surface area contributed by atoms with Gasteiger partial charge in [0.05, 0.1) is 17.8 Å². The molecule has 3 rings (SSSR count). The van der Waals surface area contributed by atoms with Gasteiger partial charge in [-0.25, -0.2) is 0 Å². The summed E-state index contributed by atoms with van der Waals surface area (Å²) in [5.41, 5.74) is 1.49. The molecule has 88 valence electrons. The van der Waals surface area contributed by atoms with Crippen LogP contribution in [0.1, 0.15) is 16.8 Å². The van der Waals surface area contributed by atoms with Crippen LogP contribution in [-0.4, -0.2) is 45.3 Å². The van der Waals surface area contributed by atoms with E-state index in [9.17, 15) is 9.90 Å². The SMILES string of the molecule is O=C(c1ccc2cn[nH]c2c1)N1CC[C@@H](O)C1. The van der Waals surface area contributed by atoms with Crippen LogP contribution in [0.5, 0.6) is 0 Å². The van der Waals surface area contributed by atoms with E-state index in [1.807, 2.05) is 6.07 Å². The molecule has 0 radical (unpaired) electrons. The number of amides is 1. The lowest BCUT2D eigenvalue weighted by atomic mass is 10.1. The van der Waals surface area contributed by atoms with Gasteiger partial charge in [0.25, 0.3) is 5.91 Å². The van der Waals surface area contributed by atoms with Crippen LogP contribution in [0, 0.1) is 0 Å². The molecular formula is C12H13N3O2. The zero-order chi connectivity index (χ0) is 11.8. The van der Waals surface area contributed by atoms with E-state index in [4.69, 9.17) is 0 Å². The van der Waals surface area contributed by atoms with Crippen molar-refractivity contribution < 1.29 is 9.90 Å². The fourth-order valence-electron chi connectivity index (χ4n) is 2.18. The van der Waals surface area contributed by atoms with Crippen LogP contribution >= 0.6 is 0 Å². The normalized spacial score (nSPS) is 20.1. The summed E-state index contributed by atoms with van der Waals surface area (Å²) in [7, 11) is 0. The van der Waals surface area contributed by atoms with E-state index in [1.54, 1.807) is 23.2 Å². The summed E-state index contributed by atoms with van der Waals surface area (Å²) < 4.78 is 0. The number of aliphatic hydroxyl groups is 1. The number of β-amino-alcohol motifs (C(OH)–C–C–N with tert-alkyl or cyclic N) is 1. The lowest BCUT2D eigenvalue weighted by molar-refractivity contribution is 0.0765. The molecule has 0 aliphatic carbocycles. The van der Waals surface area contributed by atoms with Crippen molar-refractivity contribution in [3.63, 3.8) is 0 Å². The summed E-state index contributed by atoms with van der Waals surface area (Å²) >= 11 is 0. The van der Waals surface area contributed by atoms with Gasteiger partial charge in [-0.1, -0.05) is 6.07 Å². The number of H-pyrrole nitrogens is 1. The Bertz CT molecular complexity index is 564. The fourth-order valence-corrected chi connectivity index (χ4v) is 2.18. The second-order valence-corrected chi connectivity index (χ2v) is 4.37. The van der Waals surface area contributed by atoms with Gasteiger partial charge in [-0.05, 0) is 18.6 Å². The van der Waals surface area contributed by atoms with E-state index in [0.717, 1.165) is 10.9 Å². The van der Waals surface area contributed by atoms with E-state index in [0.29, 0.717) is 25.1 Å². The van der Waals surface area contributed by atoms with Gasteiger partial charge in [0.15, 0.2) is 0 Å². The van der Waals surface area contributed by atoms with Crippen molar-refractivity contribution in [2.24, 2.45) is 0 Å². The van der Waals surface area contributed by atoms with Gasteiger partial charge >= 0.3 is 0 Å². The quantitative estimate of drug-likeness (QED) is 0.761. The number of hydrogen-bond donors (Lipinski definition) is 2. The molecule has 1 fully saturated rings. The third-order valence-corrected chi connectivity index (χ3v) is 3.14. The first-order valence-corrected chi connectivity index (χ1v) is 5.64. The van der Waals surface area contributed by atoms with Gasteiger partial charge in [-0.2, -0.15) is 5.10 Å². The minimum Gasteiger partial charge on any atom is -0.391 e.